The summed E-state index contributed by atoms with van der Waals surface area (Å²) in [6.07, 6.45) is 37.9. The molecule has 0 N–H and O–H groups in total. The van der Waals surface area contributed by atoms with Gasteiger partial charge in [-0.2, -0.15) is 11.8 Å². The number of hydrogen-bond acceptors (Lipinski definition) is 3. The van der Waals surface area contributed by atoms with Crippen LogP contribution in [0.15, 0.2) is 0 Å². The Labute approximate surface area is 231 Å². The lowest BCUT2D eigenvalue weighted by Crippen LogP contribution is -2.17. The van der Waals surface area contributed by atoms with Gasteiger partial charge in [-0.05, 0) is 18.6 Å². The van der Waals surface area contributed by atoms with Gasteiger partial charge in [0, 0.05) is 5.75 Å². The number of unbranched alkanes of at least 4 members (excludes halogenated alkanes) is 25. The molecule has 0 radical (unpaired) electrons. The molecule has 36 heavy (non-hydrogen) atoms. The number of carbonyl (C=O) groups excluding carboxylic acids is 1. The first-order valence-corrected chi connectivity index (χ1v) is 17.7. The van der Waals surface area contributed by atoms with Crippen molar-refractivity contribution in [3.63, 3.8) is 0 Å². The lowest BCUT2D eigenvalue weighted by Gasteiger charge is -2.08. The Balaban J connectivity index is 1.63. The van der Waals surface area contributed by atoms with Crippen molar-refractivity contribution in [3.05, 3.63) is 0 Å². The highest BCUT2D eigenvalue weighted by molar-refractivity contribution is 7.99. The minimum atomic E-state index is 0.0552. The van der Waals surface area contributed by atoms with Gasteiger partial charge in [0.25, 0.3) is 0 Å². The Morgan fingerprint density at radius 3 is 1.19 bits per heavy atom. The lowest BCUT2D eigenvalue weighted by atomic mass is 10.0. The van der Waals surface area contributed by atoms with E-state index in [0.29, 0.717) is 6.61 Å². The standard InChI is InChI=1S/C33H64O2S/c1-2-3-4-5-6-7-8-9-10-11-12-13-14-15-16-17-18-19-20-21-22-23-24-25-26-27-29-35-33(34)32-28-30-36-31-32/h32H,2-31H2,1H3. The fourth-order valence-corrected chi connectivity index (χ4v) is 6.63. The second kappa shape index (κ2) is 27.8. The van der Waals surface area contributed by atoms with Crippen molar-refractivity contribution >= 4 is 17.7 Å². The van der Waals surface area contributed by atoms with Gasteiger partial charge < -0.3 is 4.74 Å². The number of thioether (sulfide) groups is 1. The first kappa shape index (κ1) is 33.8. The molecule has 214 valence electrons. The number of esters is 1. The minimum absolute atomic E-state index is 0.0552. The quantitative estimate of drug-likeness (QED) is 0.0751. The first-order chi connectivity index (χ1) is 17.8. The van der Waals surface area contributed by atoms with Crippen LogP contribution in [0.5, 0.6) is 0 Å². The monoisotopic (exact) mass is 524 g/mol. The van der Waals surface area contributed by atoms with Gasteiger partial charge >= 0.3 is 5.97 Å². The van der Waals surface area contributed by atoms with E-state index in [0.717, 1.165) is 24.3 Å². The van der Waals surface area contributed by atoms with Crippen LogP contribution in [0.2, 0.25) is 0 Å². The molecule has 1 aliphatic rings. The topological polar surface area (TPSA) is 26.3 Å². The molecule has 1 atom stereocenters. The van der Waals surface area contributed by atoms with Crippen molar-refractivity contribution in [2.24, 2.45) is 5.92 Å². The number of carbonyl (C=O) groups is 1. The first-order valence-electron chi connectivity index (χ1n) is 16.6. The average Bonchev–Trinajstić information content (AvgIpc) is 3.43. The van der Waals surface area contributed by atoms with Gasteiger partial charge in [-0.25, -0.2) is 0 Å². The predicted molar refractivity (Wildman–Crippen MR) is 162 cm³/mol. The van der Waals surface area contributed by atoms with Gasteiger partial charge in [-0.3, -0.25) is 4.79 Å². The zero-order chi connectivity index (χ0) is 25.8. The van der Waals surface area contributed by atoms with E-state index < -0.39 is 0 Å². The summed E-state index contributed by atoms with van der Waals surface area (Å²) in [7, 11) is 0. The smallest absolute Gasteiger partial charge is 0.309 e. The molecule has 0 saturated carbocycles. The molecule has 0 aromatic carbocycles. The van der Waals surface area contributed by atoms with Crippen molar-refractivity contribution in [2.75, 3.05) is 18.1 Å². The number of ether oxygens (including phenoxy) is 1. The summed E-state index contributed by atoms with van der Waals surface area (Å²) in [6.45, 7) is 2.94. The molecule has 0 amide bonds. The summed E-state index contributed by atoms with van der Waals surface area (Å²) in [4.78, 5) is 11.9. The second-order valence-corrected chi connectivity index (χ2v) is 12.7. The molecule has 1 saturated heterocycles. The largest absolute Gasteiger partial charge is 0.465 e. The molecular formula is C33H64O2S. The summed E-state index contributed by atoms with van der Waals surface area (Å²) in [5, 5.41) is 0. The summed E-state index contributed by atoms with van der Waals surface area (Å²) in [6, 6.07) is 0. The van der Waals surface area contributed by atoms with Gasteiger partial charge in [0.05, 0.1) is 12.5 Å². The summed E-state index contributed by atoms with van der Waals surface area (Å²) in [5.74, 6) is 2.33. The second-order valence-electron chi connectivity index (χ2n) is 11.6. The Morgan fingerprint density at radius 2 is 0.889 bits per heavy atom. The summed E-state index contributed by atoms with van der Waals surface area (Å²) >= 11 is 1.88. The van der Waals surface area contributed by atoms with E-state index in [2.05, 4.69) is 6.92 Å². The Morgan fingerprint density at radius 1 is 0.556 bits per heavy atom. The van der Waals surface area contributed by atoms with Crippen LogP contribution >= 0.6 is 11.8 Å². The normalized spacial score (nSPS) is 15.5. The molecule has 0 aromatic heterocycles. The Kier molecular flexibility index (Phi) is 26.2. The summed E-state index contributed by atoms with van der Waals surface area (Å²) in [5.41, 5.74) is 0. The minimum Gasteiger partial charge on any atom is -0.465 e. The van der Waals surface area contributed by atoms with Crippen molar-refractivity contribution in [3.8, 4) is 0 Å². The predicted octanol–water partition coefficient (Wildman–Crippen LogP) is 11.4. The van der Waals surface area contributed by atoms with Gasteiger partial charge in [-0.15, -0.1) is 0 Å². The highest BCUT2D eigenvalue weighted by Crippen LogP contribution is 2.24. The Hall–Kier alpha value is -0.180. The van der Waals surface area contributed by atoms with Crippen LogP contribution in [-0.4, -0.2) is 24.1 Å². The number of hydrogen-bond donors (Lipinski definition) is 0. The maximum Gasteiger partial charge on any atom is 0.309 e. The van der Waals surface area contributed by atoms with Crippen LogP contribution in [0.3, 0.4) is 0 Å². The average molecular weight is 525 g/mol. The highest BCUT2D eigenvalue weighted by atomic mass is 32.2. The molecule has 0 spiro atoms. The van der Waals surface area contributed by atoms with Crippen LogP contribution in [0.1, 0.15) is 180 Å². The van der Waals surface area contributed by atoms with Crippen molar-refractivity contribution < 1.29 is 9.53 Å². The molecule has 0 aliphatic carbocycles. The van der Waals surface area contributed by atoms with Crippen molar-refractivity contribution in [1.29, 1.82) is 0 Å². The molecule has 1 unspecified atom stereocenters. The van der Waals surface area contributed by atoms with E-state index in [1.54, 1.807) is 0 Å². The molecule has 1 fully saturated rings. The molecule has 1 heterocycles. The van der Waals surface area contributed by atoms with E-state index in [1.807, 2.05) is 11.8 Å². The van der Waals surface area contributed by atoms with Crippen molar-refractivity contribution in [1.82, 2.24) is 0 Å². The molecule has 0 aromatic rings. The van der Waals surface area contributed by atoms with E-state index in [4.69, 9.17) is 4.74 Å². The van der Waals surface area contributed by atoms with E-state index in [-0.39, 0.29) is 11.9 Å². The zero-order valence-electron chi connectivity index (χ0n) is 24.5. The SMILES string of the molecule is CCCCCCCCCCCCCCCCCCCCCCCCCCCCOC(=O)C1CCSC1. The summed E-state index contributed by atoms with van der Waals surface area (Å²) < 4.78 is 5.43. The fourth-order valence-electron chi connectivity index (χ4n) is 5.43. The van der Waals surface area contributed by atoms with Crippen LogP contribution in [0.4, 0.5) is 0 Å². The lowest BCUT2D eigenvalue weighted by molar-refractivity contribution is -0.147. The Bertz CT molecular complexity index is 447. The van der Waals surface area contributed by atoms with Crippen LogP contribution in [0, 0.1) is 5.92 Å². The zero-order valence-corrected chi connectivity index (χ0v) is 25.3. The third kappa shape index (κ3) is 23.0. The fraction of sp³-hybridized carbons (Fsp3) is 0.970. The van der Waals surface area contributed by atoms with Crippen LogP contribution in [0.25, 0.3) is 0 Å². The van der Waals surface area contributed by atoms with Crippen LogP contribution in [-0.2, 0) is 9.53 Å². The molecule has 2 nitrogen and oxygen atoms in total. The van der Waals surface area contributed by atoms with Gasteiger partial charge in [-0.1, -0.05) is 167 Å². The van der Waals surface area contributed by atoms with Crippen molar-refractivity contribution in [2.45, 2.75) is 180 Å². The third-order valence-corrected chi connectivity index (χ3v) is 9.17. The highest BCUT2D eigenvalue weighted by Gasteiger charge is 2.24. The van der Waals surface area contributed by atoms with E-state index in [1.165, 1.54) is 161 Å². The van der Waals surface area contributed by atoms with E-state index >= 15 is 0 Å². The molecule has 1 rings (SSSR count). The molecule has 3 heteroatoms. The van der Waals surface area contributed by atoms with E-state index in [9.17, 15) is 4.79 Å². The molecular weight excluding hydrogens is 460 g/mol. The third-order valence-electron chi connectivity index (χ3n) is 8.01. The molecule has 1 aliphatic heterocycles. The van der Waals surface area contributed by atoms with Gasteiger partial charge in [0.1, 0.15) is 0 Å². The molecule has 0 bridgehead atoms. The maximum absolute atomic E-state index is 11.9. The number of rotatable bonds is 28. The van der Waals surface area contributed by atoms with Crippen LogP contribution < -0.4 is 0 Å². The van der Waals surface area contributed by atoms with Gasteiger partial charge in [0.15, 0.2) is 0 Å². The van der Waals surface area contributed by atoms with Gasteiger partial charge in [0.2, 0.25) is 0 Å². The maximum atomic E-state index is 11.9.